The molecule has 1 aliphatic rings. The first-order valence-electron chi connectivity index (χ1n) is 8.21. The van der Waals surface area contributed by atoms with Crippen molar-refractivity contribution < 1.29 is 14.1 Å². The summed E-state index contributed by atoms with van der Waals surface area (Å²) in [7, 11) is 0. The van der Waals surface area contributed by atoms with Gasteiger partial charge in [-0.2, -0.15) is 4.98 Å². The molecular formula is C19H17N3O3. The first-order chi connectivity index (χ1) is 12.3. The zero-order valence-electron chi connectivity index (χ0n) is 13.5. The molecule has 0 aliphatic carbocycles. The predicted octanol–water partition coefficient (Wildman–Crippen LogP) is 3.52. The Hall–Kier alpha value is -2.99. The lowest BCUT2D eigenvalue weighted by Gasteiger charge is -2.10. The second-order valence-corrected chi connectivity index (χ2v) is 5.86. The van der Waals surface area contributed by atoms with Gasteiger partial charge in [0.2, 0.25) is 5.82 Å². The fraction of sp³-hybridized carbons (Fsp3) is 0.211. The van der Waals surface area contributed by atoms with Gasteiger partial charge in [-0.05, 0) is 31.0 Å². The number of ether oxygens (including phenoxy) is 1. The highest BCUT2D eigenvalue weighted by atomic mass is 16.5. The molecule has 1 N–H and O–H groups in total. The van der Waals surface area contributed by atoms with Crippen LogP contribution >= 0.6 is 0 Å². The van der Waals surface area contributed by atoms with Crippen molar-refractivity contribution in [3.05, 3.63) is 54.6 Å². The van der Waals surface area contributed by atoms with E-state index in [1.807, 2.05) is 54.6 Å². The van der Waals surface area contributed by atoms with E-state index < -0.39 is 0 Å². The van der Waals surface area contributed by atoms with E-state index in [1.54, 1.807) is 0 Å². The Balaban J connectivity index is 1.53. The molecule has 6 heteroatoms. The number of carbonyl (C=O) groups is 1. The fourth-order valence-corrected chi connectivity index (χ4v) is 2.78. The number of rotatable bonds is 4. The van der Waals surface area contributed by atoms with Gasteiger partial charge in [0.25, 0.3) is 11.8 Å². The van der Waals surface area contributed by atoms with Crippen molar-refractivity contribution in [3.8, 4) is 22.8 Å². The van der Waals surface area contributed by atoms with Crippen LogP contribution < -0.4 is 5.32 Å². The van der Waals surface area contributed by atoms with Crippen molar-refractivity contribution in [1.82, 2.24) is 10.1 Å². The van der Waals surface area contributed by atoms with Gasteiger partial charge in [0.1, 0.15) is 6.10 Å². The van der Waals surface area contributed by atoms with Gasteiger partial charge in [-0.3, -0.25) is 4.79 Å². The van der Waals surface area contributed by atoms with Crippen LogP contribution in [0.25, 0.3) is 22.8 Å². The van der Waals surface area contributed by atoms with Crippen LogP contribution in [0.2, 0.25) is 0 Å². The third-order valence-corrected chi connectivity index (χ3v) is 4.06. The lowest BCUT2D eigenvalue weighted by Crippen LogP contribution is -2.26. The van der Waals surface area contributed by atoms with E-state index in [-0.39, 0.29) is 12.0 Å². The molecule has 1 aliphatic heterocycles. The van der Waals surface area contributed by atoms with Gasteiger partial charge in [-0.15, -0.1) is 0 Å². The van der Waals surface area contributed by atoms with Crippen molar-refractivity contribution in [2.24, 2.45) is 0 Å². The number of carbonyl (C=O) groups excluding carboxylic acids is 1. The van der Waals surface area contributed by atoms with Crippen molar-refractivity contribution in [2.75, 3.05) is 11.9 Å². The second kappa shape index (κ2) is 6.86. The normalized spacial score (nSPS) is 16.7. The maximum atomic E-state index is 12.2. The molecule has 3 aromatic rings. The Kier molecular flexibility index (Phi) is 4.26. The quantitative estimate of drug-likeness (QED) is 0.789. The van der Waals surface area contributed by atoms with Crippen molar-refractivity contribution >= 4 is 11.6 Å². The van der Waals surface area contributed by atoms with Crippen LogP contribution in [-0.2, 0) is 9.53 Å². The summed E-state index contributed by atoms with van der Waals surface area (Å²) < 4.78 is 10.8. The SMILES string of the molecule is O=C(Nc1cccc(-c2nc(-c3ccccc3)no2)c1)C1CCCO1. The molecule has 0 spiro atoms. The summed E-state index contributed by atoms with van der Waals surface area (Å²) >= 11 is 0. The standard InChI is InChI=1S/C19H17N3O3/c23-18(16-10-5-11-24-16)20-15-9-4-8-14(12-15)19-21-17(22-25-19)13-6-2-1-3-7-13/h1-4,6-9,12,16H,5,10-11H2,(H,20,23). The summed E-state index contributed by atoms with van der Waals surface area (Å²) in [5, 5.41) is 6.90. The minimum atomic E-state index is -0.364. The molecule has 4 rings (SSSR count). The third-order valence-electron chi connectivity index (χ3n) is 4.06. The van der Waals surface area contributed by atoms with Crippen LogP contribution in [0, 0.1) is 0 Å². The van der Waals surface area contributed by atoms with Crippen molar-refractivity contribution in [2.45, 2.75) is 18.9 Å². The highest BCUT2D eigenvalue weighted by Crippen LogP contribution is 2.24. The van der Waals surface area contributed by atoms with Gasteiger partial charge in [-0.1, -0.05) is 41.6 Å². The number of amides is 1. The van der Waals surface area contributed by atoms with Crippen LogP contribution in [0.5, 0.6) is 0 Å². The molecule has 2 heterocycles. The highest BCUT2D eigenvalue weighted by Gasteiger charge is 2.23. The molecule has 0 bridgehead atoms. The Morgan fingerprint density at radius 3 is 2.72 bits per heavy atom. The molecule has 1 amide bonds. The zero-order valence-corrected chi connectivity index (χ0v) is 13.5. The number of anilines is 1. The maximum absolute atomic E-state index is 12.2. The topological polar surface area (TPSA) is 77.3 Å². The number of hydrogen-bond acceptors (Lipinski definition) is 5. The second-order valence-electron chi connectivity index (χ2n) is 5.86. The van der Waals surface area contributed by atoms with Crippen molar-refractivity contribution in [1.29, 1.82) is 0 Å². The third kappa shape index (κ3) is 3.44. The highest BCUT2D eigenvalue weighted by molar-refractivity contribution is 5.94. The molecule has 1 fully saturated rings. The van der Waals surface area contributed by atoms with Crippen LogP contribution in [0.15, 0.2) is 59.1 Å². The number of hydrogen-bond donors (Lipinski definition) is 1. The number of nitrogens with one attached hydrogen (secondary N) is 1. The largest absolute Gasteiger partial charge is 0.368 e. The lowest BCUT2D eigenvalue weighted by molar-refractivity contribution is -0.124. The molecule has 1 aromatic heterocycles. The molecule has 1 unspecified atom stereocenters. The minimum absolute atomic E-state index is 0.120. The van der Waals surface area contributed by atoms with E-state index in [2.05, 4.69) is 15.5 Å². The average Bonchev–Trinajstić information content (AvgIpc) is 3.35. The number of aromatic nitrogens is 2. The van der Waals surface area contributed by atoms with E-state index in [9.17, 15) is 4.79 Å². The monoisotopic (exact) mass is 335 g/mol. The zero-order chi connectivity index (χ0) is 17.1. The molecule has 2 aromatic carbocycles. The molecular weight excluding hydrogens is 318 g/mol. The molecule has 0 radical (unpaired) electrons. The summed E-state index contributed by atoms with van der Waals surface area (Å²) in [6.45, 7) is 0.641. The Labute approximate surface area is 144 Å². The van der Waals surface area contributed by atoms with Gasteiger partial charge >= 0.3 is 0 Å². The molecule has 1 saturated heterocycles. The Bertz CT molecular complexity index is 870. The smallest absolute Gasteiger partial charge is 0.258 e. The van der Waals surface area contributed by atoms with Gasteiger partial charge in [0.05, 0.1) is 0 Å². The fourth-order valence-electron chi connectivity index (χ4n) is 2.78. The van der Waals surface area contributed by atoms with Gasteiger partial charge < -0.3 is 14.6 Å². The van der Waals surface area contributed by atoms with E-state index in [0.717, 1.165) is 24.0 Å². The van der Waals surface area contributed by atoms with Gasteiger partial charge in [-0.25, -0.2) is 0 Å². The van der Waals surface area contributed by atoms with E-state index >= 15 is 0 Å². The van der Waals surface area contributed by atoms with Gasteiger partial charge in [0, 0.05) is 23.4 Å². The maximum Gasteiger partial charge on any atom is 0.258 e. The average molecular weight is 335 g/mol. The summed E-state index contributed by atoms with van der Waals surface area (Å²) in [5.41, 5.74) is 2.32. The molecule has 0 saturated carbocycles. The Morgan fingerprint density at radius 1 is 1.08 bits per heavy atom. The first-order valence-corrected chi connectivity index (χ1v) is 8.21. The molecule has 25 heavy (non-hydrogen) atoms. The summed E-state index contributed by atoms with van der Waals surface area (Å²) in [6, 6.07) is 17.0. The Morgan fingerprint density at radius 2 is 1.92 bits per heavy atom. The minimum Gasteiger partial charge on any atom is -0.368 e. The van der Waals surface area contributed by atoms with Crippen LogP contribution in [0.1, 0.15) is 12.8 Å². The summed E-state index contributed by atoms with van der Waals surface area (Å²) in [5.74, 6) is 0.821. The molecule has 1 atom stereocenters. The lowest BCUT2D eigenvalue weighted by atomic mass is 10.1. The van der Waals surface area contributed by atoms with Crippen molar-refractivity contribution in [3.63, 3.8) is 0 Å². The summed E-state index contributed by atoms with van der Waals surface area (Å²) in [6.07, 6.45) is 1.31. The predicted molar refractivity (Wildman–Crippen MR) is 92.8 cm³/mol. The molecule has 6 nitrogen and oxygen atoms in total. The molecule has 126 valence electrons. The van der Waals surface area contributed by atoms with E-state index in [0.29, 0.717) is 24.0 Å². The van der Waals surface area contributed by atoms with E-state index in [1.165, 1.54) is 0 Å². The first kappa shape index (κ1) is 15.5. The van der Waals surface area contributed by atoms with E-state index in [4.69, 9.17) is 9.26 Å². The number of benzene rings is 2. The van der Waals surface area contributed by atoms with Crippen LogP contribution in [0.3, 0.4) is 0 Å². The van der Waals surface area contributed by atoms with Crippen LogP contribution in [-0.4, -0.2) is 28.8 Å². The van der Waals surface area contributed by atoms with Gasteiger partial charge in [0.15, 0.2) is 0 Å². The van der Waals surface area contributed by atoms with Crippen LogP contribution in [0.4, 0.5) is 5.69 Å². The summed E-state index contributed by atoms with van der Waals surface area (Å²) in [4.78, 5) is 16.6. The number of nitrogens with zero attached hydrogens (tertiary/aromatic N) is 2.